The molecule has 0 fully saturated rings. The largest absolute Gasteiger partial charge is 0.302 e. The lowest BCUT2D eigenvalue weighted by molar-refractivity contribution is 0.357. The third-order valence-electron chi connectivity index (χ3n) is 3.68. The Balaban J connectivity index is 1.98. The van der Waals surface area contributed by atoms with Crippen molar-refractivity contribution in [2.24, 2.45) is 0 Å². The van der Waals surface area contributed by atoms with E-state index >= 15 is 0 Å². The van der Waals surface area contributed by atoms with Crippen LogP contribution in [0.25, 0.3) is 10.8 Å². The second kappa shape index (κ2) is 4.97. The molecule has 0 amide bonds. The normalized spacial score (nSPS) is 16.6. The number of nitrogens with zero attached hydrogens (tertiary/aromatic N) is 2. The van der Waals surface area contributed by atoms with E-state index in [9.17, 15) is 4.79 Å². The molecule has 4 heteroatoms. The maximum atomic E-state index is 11.7. The van der Waals surface area contributed by atoms with Crippen molar-refractivity contribution >= 4 is 10.8 Å². The van der Waals surface area contributed by atoms with Crippen molar-refractivity contribution < 1.29 is 0 Å². The standard InChI is InChI=1S/C15H17N3O/c1-18-8-6-11(7-9-18)10-14-12-4-2-3-5-13(12)15(19)17-16-14/h2-6H,7-10H2,1H3,(H,17,19). The van der Waals surface area contributed by atoms with Crippen LogP contribution in [0.15, 0.2) is 40.7 Å². The maximum Gasteiger partial charge on any atom is 0.272 e. The number of likely N-dealkylation sites (N-methyl/N-ethyl adjacent to an activating group) is 1. The second-order valence-electron chi connectivity index (χ2n) is 5.10. The molecule has 1 aliphatic heterocycles. The van der Waals surface area contributed by atoms with Gasteiger partial charge in [0.15, 0.2) is 0 Å². The quantitative estimate of drug-likeness (QED) is 0.831. The van der Waals surface area contributed by atoms with Gasteiger partial charge in [-0.25, -0.2) is 5.10 Å². The van der Waals surface area contributed by atoms with Crippen LogP contribution in [0.2, 0.25) is 0 Å². The Morgan fingerprint density at radius 1 is 1.32 bits per heavy atom. The van der Waals surface area contributed by atoms with Crippen LogP contribution in [0, 0.1) is 0 Å². The molecule has 1 N–H and O–H groups in total. The van der Waals surface area contributed by atoms with E-state index in [4.69, 9.17) is 0 Å². The van der Waals surface area contributed by atoms with Gasteiger partial charge in [0.1, 0.15) is 0 Å². The van der Waals surface area contributed by atoms with Gasteiger partial charge in [-0.3, -0.25) is 4.79 Å². The van der Waals surface area contributed by atoms with Gasteiger partial charge in [0, 0.05) is 24.9 Å². The number of hydrogen-bond donors (Lipinski definition) is 1. The Labute approximate surface area is 111 Å². The number of H-pyrrole nitrogens is 1. The fourth-order valence-corrected chi connectivity index (χ4v) is 2.49. The number of rotatable bonds is 2. The number of aromatic amines is 1. The van der Waals surface area contributed by atoms with E-state index in [-0.39, 0.29) is 5.56 Å². The monoisotopic (exact) mass is 255 g/mol. The molecule has 0 aliphatic carbocycles. The molecule has 0 bridgehead atoms. The zero-order valence-electron chi connectivity index (χ0n) is 11.0. The summed E-state index contributed by atoms with van der Waals surface area (Å²) in [6.45, 7) is 2.09. The number of hydrogen-bond acceptors (Lipinski definition) is 3. The number of fused-ring (bicyclic) bond motifs is 1. The lowest BCUT2D eigenvalue weighted by atomic mass is 10.0. The Bertz CT molecular complexity index is 687. The van der Waals surface area contributed by atoms with Crippen molar-refractivity contribution in [3.63, 3.8) is 0 Å². The molecule has 2 aromatic rings. The maximum absolute atomic E-state index is 11.7. The van der Waals surface area contributed by atoms with Crippen molar-refractivity contribution in [3.05, 3.63) is 52.0 Å². The van der Waals surface area contributed by atoms with Gasteiger partial charge >= 0.3 is 0 Å². The van der Waals surface area contributed by atoms with E-state index in [0.29, 0.717) is 0 Å². The van der Waals surface area contributed by atoms with E-state index in [2.05, 4.69) is 28.2 Å². The smallest absolute Gasteiger partial charge is 0.272 e. The first-order valence-corrected chi connectivity index (χ1v) is 6.57. The predicted octanol–water partition coefficient (Wildman–Crippen LogP) is 1.73. The molecule has 2 heterocycles. The van der Waals surface area contributed by atoms with Crippen LogP contribution in [-0.2, 0) is 6.42 Å². The summed E-state index contributed by atoms with van der Waals surface area (Å²) in [7, 11) is 2.13. The van der Waals surface area contributed by atoms with Crippen molar-refractivity contribution in [1.29, 1.82) is 0 Å². The van der Waals surface area contributed by atoms with Gasteiger partial charge in [0.05, 0.1) is 11.1 Å². The van der Waals surface area contributed by atoms with Crippen LogP contribution >= 0.6 is 0 Å². The third-order valence-corrected chi connectivity index (χ3v) is 3.68. The Morgan fingerprint density at radius 3 is 2.84 bits per heavy atom. The molecule has 1 aromatic heterocycles. The second-order valence-corrected chi connectivity index (χ2v) is 5.10. The first-order valence-electron chi connectivity index (χ1n) is 6.57. The molecule has 0 saturated carbocycles. The highest BCUT2D eigenvalue weighted by Crippen LogP contribution is 2.19. The Kier molecular flexibility index (Phi) is 3.17. The summed E-state index contributed by atoms with van der Waals surface area (Å²) < 4.78 is 0. The van der Waals surface area contributed by atoms with Crippen molar-refractivity contribution in [2.75, 3.05) is 20.1 Å². The van der Waals surface area contributed by atoms with E-state index in [1.54, 1.807) is 0 Å². The third kappa shape index (κ3) is 2.44. The molecule has 0 spiro atoms. The van der Waals surface area contributed by atoms with E-state index in [1.165, 1.54) is 5.57 Å². The highest BCUT2D eigenvalue weighted by Gasteiger charge is 2.11. The van der Waals surface area contributed by atoms with Crippen LogP contribution in [0.3, 0.4) is 0 Å². The summed E-state index contributed by atoms with van der Waals surface area (Å²) >= 11 is 0. The average Bonchev–Trinajstić information content (AvgIpc) is 2.45. The van der Waals surface area contributed by atoms with Crippen molar-refractivity contribution in [2.45, 2.75) is 12.8 Å². The minimum Gasteiger partial charge on any atom is -0.302 e. The first-order chi connectivity index (χ1) is 9.24. The molecule has 3 rings (SSSR count). The highest BCUT2D eigenvalue weighted by atomic mass is 16.1. The number of benzene rings is 1. The van der Waals surface area contributed by atoms with E-state index in [0.717, 1.165) is 42.4 Å². The minimum atomic E-state index is -0.114. The van der Waals surface area contributed by atoms with Gasteiger partial charge in [-0.05, 0) is 19.5 Å². The summed E-state index contributed by atoms with van der Waals surface area (Å²) in [6.07, 6.45) is 4.17. The lowest BCUT2D eigenvalue weighted by Gasteiger charge is -2.21. The van der Waals surface area contributed by atoms with Gasteiger partial charge in [-0.1, -0.05) is 29.8 Å². The van der Waals surface area contributed by atoms with Crippen LogP contribution in [0.4, 0.5) is 0 Å². The van der Waals surface area contributed by atoms with Gasteiger partial charge in [0.2, 0.25) is 0 Å². The summed E-state index contributed by atoms with van der Waals surface area (Å²) in [4.78, 5) is 14.0. The van der Waals surface area contributed by atoms with Gasteiger partial charge in [-0.15, -0.1) is 0 Å². The summed E-state index contributed by atoms with van der Waals surface area (Å²) in [6, 6.07) is 7.66. The zero-order valence-corrected chi connectivity index (χ0v) is 11.0. The van der Waals surface area contributed by atoms with Gasteiger partial charge < -0.3 is 4.90 Å². The molecule has 1 aliphatic rings. The molecule has 0 radical (unpaired) electrons. The van der Waals surface area contributed by atoms with Crippen LogP contribution in [0.1, 0.15) is 12.1 Å². The first kappa shape index (κ1) is 12.1. The molecule has 0 saturated heterocycles. The summed E-state index contributed by atoms with van der Waals surface area (Å²) in [5.41, 5.74) is 2.26. The van der Waals surface area contributed by atoms with Crippen molar-refractivity contribution in [1.82, 2.24) is 15.1 Å². The Morgan fingerprint density at radius 2 is 2.11 bits per heavy atom. The SMILES string of the molecule is CN1CC=C(Cc2n[nH]c(=O)c3ccccc23)CC1. The fraction of sp³-hybridized carbons (Fsp3) is 0.333. The molecule has 0 unspecified atom stereocenters. The summed E-state index contributed by atoms with van der Waals surface area (Å²) in [5, 5.41) is 8.51. The van der Waals surface area contributed by atoms with Crippen molar-refractivity contribution in [3.8, 4) is 0 Å². The lowest BCUT2D eigenvalue weighted by Crippen LogP contribution is -2.24. The fourth-order valence-electron chi connectivity index (χ4n) is 2.49. The molecular weight excluding hydrogens is 238 g/mol. The van der Waals surface area contributed by atoms with Crippen LogP contribution < -0.4 is 5.56 Å². The van der Waals surface area contributed by atoms with Gasteiger partial charge in [-0.2, -0.15) is 5.10 Å². The average molecular weight is 255 g/mol. The number of nitrogens with one attached hydrogen (secondary N) is 1. The van der Waals surface area contributed by atoms with Crippen LogP contribution in [-0.4, -0.2) is 35.2 Å². The topological polar surface area (TPSA) is 49.0 Å². The molecule has 98 valence electrons. The molecule has 1 aromatic carbocycles. The predicted molar refractivity (Wildman–Crippen MR) is 76.3 cm³/mol. The Hall–Kier alpha value is -1.94. The zero-order chi connectivity index (χ0) is 13.2. The number of aromatic nitrogens is 2. The summed E-state index contributed by atoms with van der Waals surface area (Å²) in [5.74, 6) is 0. The van der Waals surface area contributed by atoms with E-state index in [1.807, 2.05) is 24.3 Å². The minimum absolute atomic E-state index is 0.114. The van der Waals surface area contributed by atoms with Gasteiger partial charge in [0.25, 0.3) is 5.56 Å². The van der Waals surface area contributed by atoms with E-state index < -0.39 is 0 Å². The molecular formula is C15H17N3O. The molecule has 4 nitrogen and oxygen atoms in total. The molecule has 0 atom stereocenters. The highest BCUT2D eigenvalue weighted by molar-refractivity contribution is 5.83. The molecule has 19 heavy (non-hydrogen) atoms. The van der Waals surface area contributed by atoms with Crippen LogP contribution in [0.5, 0.6) is 0 Å².